The minimum atomic E-state index is -1.08. The van der Waals surface area contributed by atoms with Gasteiger partial charge in [0.25, 0.3) is 0 Å². The largest absolute Gasteiger partial charge is 0.480 e. The minimum absolute atomic E-state index is 0.210. The summed E-state index contributed by atoms with van der Waals surface area (Å²) in [6.07, 6.45) is 3.28. The van der Waals surface area contributed by atoms with Gasteiger partial charge >= 0.3 is 5.97 Å². The van der Waals surface area contributed by atoms with Crippen molar-refractivity contribution in [3.8, 4) is 0 Å². The van der Waals surface area contributed by atoms with Gasteiger partial charge in [-0.2, -0.15) is 0 Å². The summed E-state index contributed by atoms with van der Waals surface area (Å²) < 4.78 is 0. The van der Waals surface area contributed by atoms with E-state index in [4.69, 9.17) is 0 Å². The molecule has 2 rings (SSSR count). The van der Waals surface area contributed by atoms with Crippen LogP contribution in [0, 0.1) is 0 Å². The van der Waals surface area contributed by atoms with Gasteiger partial charge in [-0.25, -0.2) is 4.79 Å². The predicted octanol–water partition coefficient (Wildman–Crippen LogP) is 1.67. The lowest BCUT2D eigenvalue weighted by Gasteiger charge is -2.30. The van der Waals surface area contributed by atoms with Gasteiger partial charge in [0.2, 0.25) is 5.91 Å². The highest BCUT2D eigenvalue weighted by atomic mass is 16.4. The highest BCUT2D eigenvalue weighted by molar-refractivity contribution is 5.90. The summed E-state index contributed by atoms with van der Waals surface area (Å²) in [7, 11) is 3.69. The van der Waals surface area contributed by atoms with E-state index in [-0.39, 0.29) is 11.9 Å². The lowest BCUT2D eigenvalue weighted by molar-refractivity contribution is -0.148. The smallest absolute Gasteiger partial charge is 0.329 e. The summed E-state index contributed by atoms with van der Waals surface area (Å²) in [6.45, 7) is 0. The average Bonchev–Trinajstić information content (AvgIpc) is 2.95. The van der Waals surface area contributed by atoms with Crippen LogP contribution >= 0.6 is 0 Å². The van der Waals surface area contributed by atoms with Gasteiger partial charge in [0.05, 0.1) is 6.04 Å². The summed E-state index contributed by atoms with van der Waals surface area (Å²) in [5.41, 5.74) is -0.0191. The summed E-state index contributed by atoms with van der Waals surface area (Å²) in [5.74, 6) is -1.13. The summed E-state index contributed by atoms with van der Waals surface area (Å²) in [6, 6.07) is 9.40. The Morgan fingerprint density at radius 3 is 2.32 bits per heavy atom. The zero-order valence-corrected chi connectivity index (χ0v) is 13.2. The summed E-state index contributed by atoms with van der Waals surface area (Å²) in [5, 5.41) is 12.3. The van der Waals surface area contributed by atoms with Crippen LogP contribution < -0.4 is 5.32 Å². The van der Waals surface area contributed by atoms with Gasteiger partial charge in [0, 0.05) is 0 Å². The topological polar surface area (TPSA) is 69.6 Å². The molecule has 5 nitrogen and oxygen atoms in total. The van der Waals surface area contributed by atoms with Crippen LogP contribution in [0.4, 0.5) is 0 Å². The van der Waals surface area contributed by atoms with E-state index in [0.717, 1.165) is 18.4 Å². The van der Waals surface area contributed by atoms with Crippen molar-refractivity contribution < 1.29 is 14.7 Å². The van der Waals surface area contributed by atoms with Crippen molar-refractivity contribution in [3.63, 3.8) is 0 Å². The molecular formula is C17H24N2O3. The van der Waals surface area contributed by atoms with E-state index in [1.165, 1.54) is 0 Å². The zero-order chi connectivity index (χ0) is 16.2. The van der Waals surface area contributed by atoms with Crippen LogP contribution in [0.15, 0.2) is 30.3 Å². The quantitative estimate of drug-likeness (QED) is 0.839. The van der Waals surface area contributed by atoms with E-state index in [1.807, 2.05) is 49.3 Å². The van der Waals surface area contributed by atoms with E-state index in [9.17, 15) is 14.7 Å². The van der Waals surface area contributed by atoms with E-state index in [2.05, 4.69) is 5.32 Å². The third kappa shape index (κ3) is 3.65. The van der Waals surface area contributed by atoms with Crippen molar-refractivity contribution in [1.82, 2.24) is 10.2 Å². The predicted molar refractivity (Wildman–Crippen MR) is 84.6 cm³/mol. The second-order valence-electron chi connectivity index (χ2n) is 6.25. The lowest BCUT2D eigenvalue weighted by atomic mass is 9.96. The molecule has 0 aromatic heterocycles. The Morgan fingerprint density at radius 2 is 1.82 bits per heavy atom. The van der Waals surface area contributed by atoms with Crippen molar-refractivity contribution in [2.75, 3.05) is 14.1 Å². The first-order valence-corrected chi connectivity index (χ1v) is 7.70. The molecule has 1 saturated carbocycles. The fourth-order valence-corrected chi connectivity index (χ4v) is 3.04. The zero-order valence-electron chi connectivity index (χ0n) is 13.2. The molecule has 0 bridgehead atoms. The Labute approximate surface area is 131 Å². The number of amides is 1. The van der Waals surface area contributed by atoms with Gasteiger partial charge in [-0.3, -0.25) is 9.69 Å². The Kier molecular flexibility index (Phi) is 5.19. The van der Waals surface area contributed by atoms with E-state index >= 15 is 0 Å². The van der Waals surface area contributed by atoms with Crippen molar-refractivity contribution >= 4 is 11.9 Å². The van der Waals surface area contributed by atoms with E-state index in [1.54, 1.807) is 0 Å². The van der Waals surface area contributed by atoms with Gasteiger partial charge in [0.15, 0.2) is 0 Å². The minimum Gasteiger partial charge on any atom is -0.480 e. The number of carbonyl (C=O) groups is 2. The molecule has 120 valence electrons. The molecule has 0 saturated heterocycles. The maximum absolute atomic E-state index is 12.6. The van der Waals surface area contributed by atoms with Crippen LogP contribution in [0.3, 0.4) is 0 Å². The average molecular weight is 304 g/mol. The molecule has 0 aliphatic heterocycles. The molecule has 1 atom stereocenters. The van der Waals surface area contributed by atoms with Crippen molar-refractivity contribution in [3.05, 3.63) is 35.9 Å². The number of carbonyl (C=O) groups excluding carboxylic acids is 1. The molecule has 1 aromatic rings. The highest BCUT2D eigenvalue weighted by Crippen LogP contribution is 2.30. The molecule has 1 fully saturated rings. The van der Waals surface area contributed by atoms with Crippen molar-refractivity contribution in [2.24, 2.45) is 0 Å². The van der Waals surface area contributed by atoms with Crippen LogP contribution in [0.1, 0.15) is 31.2 Å². The fraction of sp³-hybridized carbons (Fsp3) is 0.529. The van der Waals surface area contributed by atoms with E-state index in [0.29, 0.717) is 19.3 Å². The maximum Gasteiger partial charge on any atom is 0.329 e. The molecule has 5 heteroatoms. The fourth-order valence-electron chi connectivity index (χ4n) is 3.04. The third-order valence-electron chi connectivity index (χ3n) is 4.43. The first-order chi connectivity index (χ1) is 10.4. The number of nitrogens with zero attached hydrogens (tertiary/aromatic N) is 1. The maximum atomic E-state index is 12.6. The number of benzene rings is 1. The van der Waals surface area contributed by atoms with Gasteiger partial charge in [0.1, 0.15) is 5.54 Å². The summed E-state index contributed by atoms with van der Waals surface area (Å²) in [4.78, 5) is 26.1. The molecule has 2 N–H and O–H groups in total. The molecule has 0 heterocycles. The number of rotatable bonds is 6. The third-order valence-corrected chi connectivity index (χ3v) is 4.43. The number of hydrogen-bond acceptors (Lipinski definition) is 3. The van der Waals surface area contributed by atoms with Crippen LogP contribution in [-0.4, -0.2) is 47.6 Å². The number of likely N-dealkylation sites (N-methyl/N-ethyl adjacent to an activating group) is 1. The molecule has 22 heavy (non-hydrogen) atoms. The van der Waals surface area contributed by atoms with Gasteiger partial charge in [-0.05, 0) is 38.9 Å². The Hall–Kier alpha value is -1.88. The van der Waals surface area contributed by atoms with Crippen molar-refractivity contribution in [1.29, 1.82) is 0 Å². The van der Waals surface area contributed by atoms with Crippen LogP contribution in [0.5, 0.6) is 0 Å². The number of carboxylic acids is 1. The monoisotopic (exact) mass is 304 g/mol. The Bertz CT molecular complexity index is 522. The van der Waals surface area contributed by atoms with E-state index < -0.39 is 11.5 Å². The van der Waals surface area contributed by atoms with Crippen LogP contribution in [-0.2, 0) is 16.0 Å². The molecule has 0 radical (unpaired) electrons. The number of hydrogen-bond donors (Lipinski definition) is 2. The Morgan fingerprint density at radius 1 is 1.23 bits per heavy atom. The number of carboxylic acid groups (broad SMARTS) is 1. The standard InChI is InChI=1S/C17H24N2O3/c1-19(2)14(12-13-8-4-3-5-9-13)15(20)18-17(16(21)22)10-6-7-11-17/h3-5,8-9,14H,6-7,10-12H2,1-2H3,(H,18,20)(H,21,22)/t14-/m0/s1. The van der Waals surface area contributed by atoms with Crippen molar-refractivity contribution in [2.45, 2.75) is 43.7 Å². The highest BCUT2D eigenvalue weighted by Gasteiger charge is 2.43. The normalized spacial score (nSPS) is 18.1. The molecule has 1 aliphatic rings. The van der Waals surface area contributed by atoms with Gasteiger partial charge < -0.3 is 10.4 Å². The molecule has 1 amide bonds. The lowest BCUT2D eigenvalue weighted by Crippen LogP contribution is -2.57. The first kappa shape index (κ1) is 16.5. The number of nitrogens with one attached hydrogen (secondary N) is 1. The van der Waals surface area contributed by atoms with Crippen LogP contribution in [0.25, 0.3) is 0 Å². The van der Waals surface area contributed by atoms with Gasteiger partial charge in [-0.1, -0.05) is 43.2 Å². The van der Waals surface area contributed by atoms with Crippen LogP contribution in [0.2, 0.25) is 0 Å². The SMILES string of the molecule is CN(C)[C@@H](Cc1ccccc1)C(=O)NC1(C(=O)O)CCCC1. The molecular weight excluding hydrogens is 280 g/mol. The molecule has 0 spiro atoms. The molecule has 1 aromatic carbocycles. The molecule has 1 aliphatic carbocycles. The molecule has 0 unspecified atom stereocenters. The first-order valence-electron chi connectivity index (χ1n) is 7.70. The number of aliphatic carboxylic acids is 1. The van der Waals surface area contributed by atoms with Gasteiger partial charge in [-0.15, -0.1) is 0 Å². The second-order valence-corrected chi connectivity index (χ2v) is 6.25. The summed E-state index contributed by atoms with van der Waals surface area (Å²) >= 11 is 0. The Balaban J connectivity index is 2.11. The second kappa shape index (κ2) is 6.92.